The number of hydrogen-bond acceptors (Lipinski definition) is 5. The van der Waals surface area contributed by atoms with Crippen molar-refractivity contribution in [1.29, 1.82) is 0 Å². The Balaban J connectivity index is 1.62. The monoisotopic (exact) mass is 524 g/mol. The lowest BCUT2D eigenvalue weighted by molar-refractivity contribution is -0.698. The Hall–Kier alpha value is -1.05. The Labute approximate surface area is 228 Å². The third kappa shape index (κ3) is 26.3. The average molecular weight is 525 g/mol. The van der Waals surface area contributed by atoms with Crippen molar-refractivity contribution in [2.45, 2.75) is 103 Å². The van der Waals surface area contributed by atoms with Crippen molar-refractivity contribution in [3.05, 3.63) is 30.6 Å². The summed E-state index contributed by atoms with van der Waals surface area (Å²) >= 11 is 0. The molecular formula is C31H58NO5+. The second-order valence-electron chi connectivity index (χ2n) is 9.77. The van der Waals surface area contributed by atoms with E-state index in [1.165, 1.54) is 83.5 Å². The van der Waals surface area contributed by atoms with E-state index in [-0.39, 0.29) is 0 Å². The molecule has 0 spiro atoms. The number of unbranched alkanes of at least 4 members (excludes halogenated alkanes) is 13. The van der Waals surface area contributed by atoms with Gasteiger partial charge in [0.2, 0.25) is 0 Å². The lowest BCUT2D eigenvalue weighted by atomic mass is 10.0. The maximum atomic E-state index is 5.67. The highest BCUT2D eigenvalue weighted by molar-refractivity contribution is 4.83. The molecule has 0 atom stereocenters. The zero-order chi connectivity index (χ0) is 26.3. The number of ether oxygens (including phenoxy) is 5. The summed E-state index contributed by atoms with van der Waals surface area (Å²) in [6.45, 7) is 9.54. The predicted octanol–water partition coefficient (Wildman–Crippen LogP) is 6.54. The van der Waals surface area contributed by atoms with Crippen LogP contribution in [0.4, 0.5) is 0 Å². The van der Waals surface area contributed by atoms with Gasteiger partial charge in [-0.2, -0.15) is 0 Å². The predicted molar refractivity (Wildman–Crippen MR) is 151 cm³/mol. The molecular weight excluding hydrogens is 466 g/mol. The third-order valence-electron chi connectivity index (χ3n) is 6.40. The van der Waals surface area contributed by atoms with Crippen molar-refractivity contribution in [2.24, 2.45) is 0 Å². The van der Waals surface area contributed by atoms with E-state index in [2.05, 4.69) is 11.5 Å². The zero-order valence-electron chi connectivity index (χ0n) is 24.1. The second kappa shape index (κ2) is 29.5. The average Bonchev–Trinajstić information content (AvgIpc) is 2.93. The zero-order valence-corrected chi connectivity index (χ0v) is 24.1. The standard InChI is InChI=1S/C31H58NO5/c1-2-3-4-5-6-7-8-9-10-11-12-13-14-18-22-33-24-26-35-28-30-37-31-29-36-27-25-34-23-21-32-19-16-15-17-20-32/h15-17,19-20H,2-14,18,21-31H2,1H3/q+1. The van der Waals surface area contributed by atoms with Crippen LogP contribution >= 0.6 is 0 Å². The molecule has 37 heavy (non-hydrogen) atoms. The van der Waals surface area contributed by atoms with Crippen LogP contribution in [0.1, 0.15) is 96.8 Å². The molecule has 0 aliphatic heterocycles. The van der Waals surface area contributed by atoms with Gasteiger partial charge < -0.3 is 23.7 Å². The first-order chi connectivity index (χ1) is 18.4. The molecule has 0 aliphatic rings. The molecule has 0 N–H and O–H groups in total. The molecule has 216 valence electrons. The van der Waals surface area contributed by atoms with Crippen LogP contribution in [0, 0.1) is 0 Å². The van der Waals surface area contributed by atoms with Gasteiger partial charge in [0.15, 0.2) is 18.9 Å². The van der Waals surface area contributed by atoms with Crippen molar-refractivity contribution in [2.75, 3.05) is 66.1 Å². The summed E-state index contributed by atoms with van der Waals surface area (Å²) in [6, 6.07) is 6.05. The molecule has 0 radical (unpaired) electrons. The molecule has 0 bridgehead atoms. The Kier molecular flexibility index (Phi) is 27.1. The van der Waals surface area contributed by atoms with Gasteiger partial charge in [-0.05, 0) is 6.42 Å². The summed E-state index contributed by atoms with van der Waals surface area (Å²) in [7, 11) is 0. The molecule has 0 aromatic carbocycles. The van der Waals surface area contributed by atoms with Gasteiger partial charge in [-0.25, -0.2) is 4.57 Å². The van der Waals surface area contributed by atoms with E-state index in [4.69, 9.17) is 23.7 Å². The van der Waals surface area contributed by atoms with Gasteiger partial charge in [0.1, 0.15) is 6.61 Å². The molecule has 1 aromatic heterocycles. The quantitative estimate of drug-likeness (QED) is 0.0845. The first-order valence-electron chi connectivity index (χ1n) is 15.3. The van der Waals surface area contributed by atoms with Crippen molar-refractivity contribution in [3.8, 4) is 0 Å². The summed E-state index contributed by atoms with van der Waals surface area (Å²) in [5, 5.41) is 0. The van der Waals surface area contributed by atoms with Crippen LogP contribution in [-0.4, -0.2) is 66.1 Å². The Morgan fingerprint density at radius 1 is 0.378 bits per heavy atom. The lowest BCUT2D eigenvalue weighted by Crippen LogP contribution is -2.34. The topological polar surface area (TPSA) is 50.0 Å². The maximum absolute atomic E-state index is 5.67. The molecule has 1 heterocycles. The molecule has 1 rings (SSSR count). The van der Waals surface area contributed by atoms with Gasteiger partial charge in [-0.15, -0.1) is 0 Å². The molecule has 0 saturated heterocycles. The molecule has 0 saturated carbocycles. The van der Waals surface area contributed by atoms with E-state index < -0.39 is 0 Å². The van der Waals surface area contributed by atoms with Gasteiger partial charge in [0.05, 0.1) is 52.9 Å². The fraction of sp³-hybridized carbons (Fsp3) is 0.839. The van der Waals surface area contributed by atoms with Crippen molar-refractivity contribution in [1.82, 2.24) is 0 Å². The molecule has 0 fully saturated rings. The van der Waals surface area contributed by atoms with Crippen LogP contribution in [0.15, 0.2) is 30.6 Å². The van der Waals surface area contributed by atoms with Crippen LogP contribution in [0.2, 0.25) is 0 Å². The number of pyridine rings is 1. The SMILES string of the molecule is CCCCCCCCCCCCCCCCOCCOCCOCCOCCOCC[n+]1ccccc1. The largest absolute Gasteiger partial charge is 0.379 e. The van der Waals surface area contributed by atoms with Gasteiger partial charge in [-0.1, -0.05) is 96.5 Å². The summed E-state index contributed by atoms with van der Waals surface area (Å²) in [5.41, 5.74) is 0. The molecule has 1 aromatic rings. The fourth-order valence-electron chi connectivity index (χ4n) is 4.13. The summed E-state index contributed by atoms with van der Waals surface area (Å²) < 4.78 is 29.9. The molecule has 0 unspecified atom stereocenters. The first-order valence-corrected chi connectivity index (χ1v) is 15.3. The van der Waals surface area contributed by atoms with Crippen LogP contribution in [0.3, 0.4) is 0 Å². The third-order valence-corrected chi connectivity index (χ3v) is 6.40. The van der Waals surface area contributed by atoms with Crippen LogP contribution in [-0.2, 0) is 30.2 Å². The minimum atomic E-state index is 0.582. The summed E-state index contributed by atoms with van der Waals surface area (Å²) in [5.74, 6) is 0. The second-order valence-corrected chi connectivity index (χ2v) is 9.77. The normalized spacial score (nSPS) is 11.4. The van der Waals surface area contributed by atoms with Crippen LogP contribution in [0.25, 0.3) is 0 Å². The number of aromatic nitrogens is 1. The Morgan fingerprint density at radius 2 is 0.730 bits per heavy atom. The number of hydrogen-bond donors (Lipinski definition) is 0. The summed E-state index contributed by atoms with van der Waals surface area (Å²) in [4.78, 5) is 0. The van der Waals surface area contributed by atoms with Gasteiger partial charge >= 0.3 is 0 Å². The Bertz CT molecular complexity index is 546. The highest BCUT2D eigenvalue weighted by Gasteiger charge is 1.98. The van der Waals surface area contributed by atoms with Crippen LogP contribution < -0.4 is 4.57 Å². The fourth-order valence-corrected chi connectivity index (χ4v) is 4.13. The van der Waals surface area contributed by atoms with Crippen LogP contribution in [0.5, 0.6) is 0 Å². The molecule has 0 amide bonds. The van der Waals surface area contributed by atoms with E-state index >= 15 is 0 Å². The first kappa shape index (κ1) is 34.0. The lowest BCUT2D eigenvalue weighted by Gasteiger charge is -2.08. The molecule has 6 heteroatoms. The number of rotatable bonds is 30. The van der Waals surface area contributed by atoms with Gasteiger partial charge in [0, 0.05) is 18.7 Å². The Morgan fingerprint density at radius 3 is 1.16 bits per heavy atom. The van der Waals surface area contributed by atoms with E-state index in [1.807, 2.05) is 30.6 Å². The minimum Gasteiger partial charge on any atom is -0.379 e. The summed E-state index contributed by atoms with van der Waals surface area (Å²) in [6.07, 6.45) is 23.5. The van der Waals surface area contributed by atoms with Crippen molar-refractivity contribution in [3.63, 3.8) is 0 Å². The van der Waals surface area contributed by atoms with E-state index in [9.17, 15) is 0 Å². The van der Waals surface area contributed by atoms with Crippen molar-refractivity contribution >= 4 is 0 Å². The molecule has 0 aliphatic carbocycles. The smallest absolute Gasteiger partial charge is 0.171 e. The molecule has 6 nitrogen and oxygen atoms in total. The van der Waals surface area contributed by atoms with E-state index in [0.29, 0.717) is 59.5 Å². The highest BCUT2D eigenvalue weighted by atomic mass is 16.6. The number of nitrogens with zero attached hydrogens (tertiary/aromatic N) is 1. The minimum absolute atomic E-state index is 0.582. The highest BCUT2D eigenvalue weighted by Crippen LogP contribution is 2.12. The maximum Gasteiger partial charge on any atom is 0.171 e. The van der Waals surface area contributed by atoms with E-state index in [0.717, 1.165) is 19.6 Å². The van der Waals surface area contributed by atoms with E-state index in [1.54, 1.807) is 0 Å². The van der Waals surface area contributed by atoms with Crippen molar-refractivity contribution < 1.29 is 28.3 Å². The van der Waals surface area contributed by atoms with Gasteiger partial charge in [-0.3, -0.25) is 0 Å². The van der Waals surface area contributed by atoms with Gasteiger partial charge in [0.25, 0.3) is 0 Å².